The second-order valence-corrected chi connectivity index (χ2v) is 9.42. The van der Waals surface area contributed by atoms with Gasteiger partial charge < -0.3 is 20.1 Å². The van der Waals surface area contributed by atoms with Crippen molar-refractivity contribution >= 4 is 11.8 Å². The van der Waals surface area contributed by atoms with Gasteiger partial charge in [0.2, 0.25) is 5.88 Å². The van der Waals surface area contributed by atoms with Gasteiger partial charge in [0.1, 0.15) is 24.6 Å². The van der Waals surface area contributed by atoms with Crippen molar-refractivity contribution < 1.29 is 27.9 Å². The quantitative estimate of drug-likeness (QED) is 0.402. The van der Waals surface area contributed by atoms with Gasteiger partial charge in [-0.3, -0.25) is 10.2 Å². The summed E-state index contributed by atoms with van der Waals surface area (Å²) in [6.07, 6.45) is -0.786. The summed E-state index contributed by atoms with van der Waals surface area (Å²) < 4.78 is 40.8. The number of hydrogen-bond acceptors (Lipinski definition) is 7. The molecule has 0 saturated carbocycles. The zero-order valence-corrected chi connectivity index (χ0v) is 21.8. The number of anilines is 1. The van der Waals surface area contributed by atoms with Gasteiger partial charge in [-0.2, -0.15) is 5.06 Å². The van der Waals surface area contributed by atoms with E-state index in [-0.39, 0.29) is 6.10 Å². The van der Waals surface area contributed by atoms with E-state index in [4.69, 9.17) is 14.3 Å². The lowest BCUT2D eigenvalue weighted by molar-refractivity contribution is -0.144. The third-order valence-corrected chi connectivity index (χ3v) is 6.69. The molecule has 208 valence electrons. The van der Waals surface area contributed by atoms with Crippen molar-refractivity contribution in [3.05, 3.63) is 71.3 Å². The monoisotopic (exact) mass is 542 g/mol. The number of morpholine rings is 1. The van der Waals surface area contributed by atoms with E-state index < -0.39 is 29.8 Å². The molecular formula is C27H32F2N6O4. The average molecular weight is 543 g/mol. The summed E-state index contributed by atoms with van der Waals surface area (Å²) in [7, 11) is 0. The second-order valence-electron chi connectivity index (χ2n) is 9.42. The smallest absolute Gasteiger partial charge is 0.320 e. The lowest BCUT2D eigenvalue weighted by Gasteiger charge is -2.23. The molecule has 3 heterocycles. The van der Waals surface area contributed by atoms with Gasteiger partial charge in [-0.15, -0.1) is 5.10 Å². The molecule has 2 fully saturated rings. The minimum atomic E-state index is -0.974. The molecule has 0 bridgehead atoms. The van der Waals surface area contributed by atoms with Crippen molar-refractivity contribution in [3.8, 4) is 11.6 Å². The van der Waals surface area contributed by atoms with Gasteiger partial charge in [0, 0.05) is 26.2 Å². The van der Waals surface area contributed by atoms with Crippen LogP contribution in [0.2, 0.25) is 0 Å². The fourth-order valence-corrected chi connectivity index (χ4v) is 4.63. The van der Waals surface area contributed by atoms with Crippen LogP contribution in [0.1, 0.15) is 24.2 Å². The Bertz CT molecular complexity index is 1280. The zero-order valence-electron chi connectivity index (χ0n) is 21.8. The van der Waals surface area contributed by atoms with Gasteiger partial charge in [-0.05, 0) is 36.8 Å². The number of hydrogen-bond donors (Lipinski definition) is 3. The second kappa shape index (κ2) is 12.1. The Morgan fingerprint density at radius 1 is 1.21 bits per heavy atom. The van der Waals surface area contributed by atoms with E-state index in [2.05, 4.69) is 21.0 Å². The maximum absolute atomic E-state index is 13.9. The molecule has 1 unspecified atom stereocenters. The van der Waals surface area contributed by atoms with E-state index in [1.54, 1.807) is 9.75 Å². The number of carbonyl (C=O) groups excluding carboxylic acids is 1. The van der Waals surface area contributed by atoms with E-state index in [0.29, 0.717) is 55.7 Å². The van der Waals surface area contributed by atoms with Crippen LogP contribution in [0.4, 0.5) is 19.4 Å². The molecule has 2 aromatic carbocycles. The fourth-order valence-electron chi connectivity index (χ4n) is 4.63. The Balaban J connectivity index is 1.35. The molecule has 10 nitrogen and oxygen atoms in total. The summed E-state index contributed by atoms with van der Waals surface area (Å²) in [4.78, 5) is 19.2. The number of likely N-dealkylation sites (N-methyl/N-ethyl adjacent to an activating group) is 1. The predicted molar refractivity (Wildman–Crippen MR) is 140 cm³/mol. The molecule has 0 aliphatic carbocycles. The van der Waals surface area contributed by atoms with Crippen molar-refractivity contribution in [2.75, 3.05) is 44.7 Å². The average Bonchev–Trinajstić information content (AvgIpc) is 3.50. The Morgan fingerprint density at radius 3 is 2.74 bits per heavy atom. The Kier molecular flexibility index (Phi) is 8.36. The molecule has 12 heteroatoms. The fraction of sp³-hybridized carbons (Fsp3) is 0.407. The molecule has 0 spiro atoms. The van der Waals surface area contributed by atoms with E-state index in [1.807, 2.05) is 44.2 Å². The number of aromatic nitrogens is 2. The van der Waals surface area contributed by atoms with Crippen molar-refractivity contribution in [1.29, 1.82) is 0 Å². The van der Waals surface area contributed by atoms with Gasteiger partial charge in [-0.1, -0.05) is 31.2 Å². The molecule has 39 heavy (non-hydrogen) atoms. The van der Waals surface area contributed by atoms with Gasteiger partial charge in [0.25, 0.3) is 0 Å². The van der Waals surface area contributed by atoms with Crippen LogP contribution in [0.3, 0.4) is 0 Å². The lowest BCUT2D eigenvalue weighted by Crippen LogP contribution is -2.42. The Morgan fingerprint density at radius 2 is 2.03 bits per heavy atom. The minimum absolute atomic E-state index is 0.100. The summed E-state index contributed by atoms with van der Waals surface area (Å²) in [5, 5.41) is 15.4. The molecule has 3 atom stereocenters. The highest BCUT2D eigenvalue weighted by molar-refractivity contribution is 5.90. The number of rotatable bonds is 8. The number of halogens is 2. The van der Waals surface area contributed by atoms with E-state index >= 15 is 0 Å². The molecule has 2 aliphatic rings. The van der Waals surface area contributed by atoms with Crippen LogP contribution in [-0.4, -0.2) is 72.4 Å². The third kappa shape index (κ3) is 6.19. The van der Waals surface area contributed by atoms with Gasteiger partial charge in [0.15, 0.2) is 11.6 Å². The molecular weight excluding hydrogens is 510 g/mol. The number of ether oxygens (including phenoxy) is 2. The molecule has 2 aliphatic heterocycles. The van der Waals surface area contributed by atoms with Crippen molar-refractivity contribution in [1.82, 2.24) is 25.5 Å². The zero-order chi connectivity index (χ0) is 27.4. The van der Waals surface area contributed by atoms with Crippen molar-refractivity contribution in [3.63, 3.8) is 0 Å². The van der Waals surface area contributed by atoms with Gasteiger partial charge >= 0.3 is 6.03 Å². The van der Waals surface area contributed by atoms with E-state index in [1.165, 1.54) is 6.07 Å². The first-order valence-corrected chi connectivity index (χ1v) is 13.0. The third-order valence-electron chi connectivity index (χ3n) is 6.69. The molecule has 0 radical (unpaired) electrons. The number of benzene rings is 2. The van der Waals surface area contributed by atoms with Crippen LogP contribution in [-0.2, 0) is 9.57 Å². The molecule has 2 saturated heterocycles. The van der Waals surface area contributed by atoms with E-state index in [9.17, 15) is 13.6 Å². The number of amides is 2. The molecule has 3 aromatic rings. The number of hydroxylamine groups is 2. The molecule has 3 N–H and O–H groups in total. The highest BCUT2D eigenvalue weighted by atomic mass is 19.2. The topological polar surface area (TPSA) is 102 Å². The summed E-state index contributed by atoms with van der Waals surface area (Å²) in [6.45, 7) is 7.07. The van der Waals surface area contributed by atoms with E-state index in [0.717, 1.165) is 24.4 Å². The van der Waals surface area contributed by atoms with Crippen molar-refractivity contribution in [2.45, 2.75) is 32.1 Å². The lowest BCUT2D eigenvalue weighted by atomic mass is 10.0. The van der Waals surface area contributed by atoms with Crippen LogP contribution in [0.25, 0.3) is 5.69 Å². The van der Waals surface area contributed by atoms with Crippen LogP contribution in [0.15, 0.2) is 48.5 Å². The number of nitrogens with one attached hydrogen (secondary N) is 3. The predicted octanol–water partition coefficient (Wildman–Crippen LogP) is 3.32. The molecule has 5 rings (SSSR count). The normalized spacial score (nSPS) is 21.6. The highest BCUT2D eigenvalue weighted by Gasteiger charge is 2.36. The van der Waals surface area contributed by atoms with Crippen LogP contribution >= 0.6 is 0 Å². The standard InChI is InChI=1S/C27H32F2N6O4/c1-3-34-15-23(24(39-34)18-9-10-21(28)22(29)13-18)31-27(36)32-25-17(2)26(38-16-20-14-30-11-12-37-20)33-35(25)19-7-5-4-6-8-19/h4-10,13,20,23-24,30H,3,11-12,14-16H2,1-2H3,(H2,31,32,36)/t20?,23-,24+/m1/s1. The first kappa shape index (κ1) is 27.0. The first-order chi connectivity index (χ1) is 18.9. The summed E-state index contributed by atoms with van der Waals surface area (Å²) in [5.41, 5.74) is 1.81. The largest absolute Gasteiger partial charge is 0.474 e. The maximum atomic E-state index is 13.9. The van der Waals surface area contributed by atoms with Gasteiger partial charge in [0.05, 0.1) is 23.9 Å². The SMILES string of the molecule is CCN1C[C@@H](NC(=O)Nc2c(C)c(OCC3CNCCO3)nn2-c2ccccc2)[C@H](c2ccc(F)c(F)c2)O1. The van der Waals surface area contributed by atoms with Crippen molar-refractivity contribution in [2.24, 2.45) is 0 Å². The summed E-state index contributed by atoms with van der Waals surface area (Å²) in [6, 6.07) is 12.0. The molecule has 1 aromatic heterocycles. The van der Waals surface area contributed by atoms with Crippen LogP contribution < -0.4 is 20.7 Å². The number of urea groups is 1. The highest BCUT2D eigenvalue weighted by Crippen LogP contribution is 2.31. The van der Waals surface area contributed by atoms with Gasteiger partial charge in [-0.25, -0.2) is 18.3 Å². The first-order valence-electron chi connectivity index (χ1n) is 13.0. The Labute approximate surface area is 225 Å². The summed E-state index contributed by atoms with van der Waals surface area (Å²) in [5.74, 6) is -1.10. The number of nitrogens with zero attached hydrogens (tertiary/aromatic N) is 3. The van der Waals surface area contributed by atoms with Crippen LogP contribution in [0, 0.1) is 18.6 Å². The number of carbonyl (C=O) groups is 1. The summed E-state index contributed by atoms with van der Waals surface area (Å²) >= 11 is 0. The Hall–Kier alpha value is -3.58. The molecule has 2 amide bonds. The maximum Gasteiger partial charge on any atom is 0.320 e. The van der Waals surface area contributed by atoms with Crippen LogP contribution in [0.5, 0.6) is 5.88 Å². The minimum Gasteiger partial charge on any atom is -0.474 e. The number of para-hydroxylation sites is 1.